The Kier molecular flexibility index (Phi) is 6.74. The summed E-state index contributed by atoms with van der Waals surface area (Å²) in [6.45, 7) is 14.3. The third-order valence-electron chi connectivity index (χ3n) is 4.47. The van der Waals surface area contributed by atoms with E-state index in [1.54, 1.807) is 0 Å². The lowest BCUT2D eigenvalue weighted by Gasteiger charge is -2.43. The van der Waals surface area contributed by atoms with Gasteiger partial charge in [0.15, 0.2) is 0 Å². The molecule has 0 aliphatic heterocycles. The lowest BCUT2D eigenvalue weighted by molar-refractivity contribution is 0.832. The lowest BCUT2D eigenvalue weighted by atomic mass is 10.2. The number of benzene rings is 1. The smallest absolute Gasteiger partial charge is 0.0648 e. The molecule has 0 spiro atoms. The molecule has 0 atom stereocenters. The van der Waals surface area contributed by atoms with E-state index in [9.17, 15) is 0 Å². The normalized spacial score (nSPS) is 14.2. The van der Waals surface area contributed by atoms with Crippen LogP contribution in [0.25, 0.3) is 4.48 Å². The van der Waals surface area contributed by atoms with Crippen LogP contribution in [0.3, 0.4) is 0 Å². The molecule has 1 aromatic rings. The molecule has 0 amide bonds. The predicted molar refractivity (Wildman–Crippen MR) is 102 cm³/mol. The monoisotopic (exact) mass is 416 g/mol. The van der Waals surface area contributed by atoms with E-state index in [-0.39, 0.29) is 0 Å². The SMILES string of the molecule is CC(C)[Si](/C(Br)=C(/Br)c1ccccc1)(C(C)C)C(C)C. The first-order valence-corrected chi connectivity index (χ1v) is 11.2. The van der Waals surface area contributed by atoms with Crippen molar-refractivity contribution in [2.24, 2.45) is 0 Å². The highest BCUT2D eigenvalue weighted by molar-refractivity contribution is 9.17. The summed E-state index contributed by atoms with van der Waals surface area (Å²) in [6.07, 6.45) is 0. The summed E-state index contributed by atoms with van der Waals surface area (Å²) < 4.78 is 2.66. The molecule has 0 radical (unpaired) electrons. The molecule has 0 fully saturated rings. The van der Waals surface area contributed by atoms with Gasteiger partial charge in [0.25, 0.3) is 0 Å². The summed E-state index contributed by atoms with van der Waals surface area (Å²) in [5.41, 5.74) is 3.37. The van der Waals surface area contributed by atoms with Crippen LogP contribution < -0.4 is 0 Å². The van der Waals surface area contributed by atoms with E-state index in [1.807, 2.05) is 0 Å². The zero-order valence-electron chi connectivity index (χ0n) is 13.4. The van der Waals surface area contributed by atoms with E-state index in [0.717, 1.165) is 0 Å². The average molecular weight is 418 g/mol. The van der Waals surface area contributed by atoms with Crippen molar-refractivity contribution in [1.29, 1.82) is 0 Å². The second-order valence-corrected chi connectivity index (χ2v) is 14.5. The quantitative estimate of drug-likeness (QED) is 0.438. The predicted octanol–water partition coefficient (Wildman–Crippen LogP) is 7.36. The van der Waals surface area contributed by atoms with E-state index in [2.05, 4.69) is 104 Å². The van der Waals surface area contributed by atoms with Crippen LogP contribution in [0.5, 0.6) is 0 Å². The van der Waals surface area contributed by atoms with E-state index >= 15 is 0 Å². The van der Waals surface area contributed by atoms with Gasteiger partial charge in [-0.15, -0.1) is 0 Å². The van der Waals surface area contributed by atoms with Gasteiger partial charge in [0.05, 0.1) is 0 Å². The molecule has 1 rings (SSSR count). The van der Waals surface area contributed by atoms with Gasteiger partial charge >= 0.3 is 0 Å². The van der Waals surface area contributed by atoms with Crippen molar-refractivity contribution < 1.29 is 0 Å². The fraction of sp³-hybridized carbons (Fsp3) is 0.529. The van der Waals surface area contributed by atoms with Gasteiger partial charge in [-0.25, -0.2) is 0 Å². The molecule has 0 aliphatic rings. The van der Waals surface area contributed by atoms with Crippen molar-refractivity contribution in [3.8, 4) is 0 Å². The third-order valence-corrected chi connectivity index (χ3v) is 15.4. The lowest BCUT2D eigenvalue weighted by Crippen LogP contribution is -2.45. The van der Waals surface area contributed by atoms with Crippen LogP contribution in [0.1, 0.15) is 47.1 Å². The van der Waals surface area contributed by atoms with Gasteiger partial charge in [-0.05, 0) is 42.2 Å². The second kappa shape index (κ2) is 7.41. The first kappa shape index (κ1) is 18.2. The Hall–Kier alpha value is 0.137. The number of hydrogen-bond donors (Lipinski definition) is 0. The van der Waals surface area contributed by atoms with Gasteiger partial charge in [-0.2, -0.15) is 0 Å². The second-order valence-electron chi connectivity index (χ2n) is 6.39. The highest BCUT2D eigenvalue weighted by atomic mass is 79.9. The Morgan fingerprint density at radius 1 is 0.800 bits per heavy atom. The largest absolute Gasteiger partial charge is 0.105 e. The van der Waals surface area contributed by atoms with Crippen LogP contribution in [0.2, 0.25) is 16.6 Å². The first-order chi connectivity index (χ1) is 9.26. The molecule has 0 aliphatic carbocycles. The zero-order chi connectivity index (χ0) is 15.5. The Morgan fingerprint density at radius 2 is 1.20 bits per heavy atom. The molecule has 0 saturated heterocycles. The van der Waals surface area contributed by atoms with E-state index in [4.69, 9.17) is 0 Å². The summed E-state index contributed by atoms with van der Waals surface area (Å²) in [4.78, 5) is 0. The van der Waals surface area contributed by atoms with Gasteiger partial charge < -0.3 is 0 Å². The Morgan fingerprint density at radius 3 is 1.55 bits per heavy atom. The summed E-state index contributed by atoms with van der Waals surface area (Å²) in [6, 6.07) is 10.6. The van der Waals surface area contributed by atoms with E-state index < -0.39 is 8.07 Å². The minimum Gasteiger partial charge on any atom is -0.0648 e. The van der Waals surface area contributed by atoms with Crippen molar-refractivity contribution in [3.63, 3.8) is 0 Å². The minimum absolute atomic E-state index is 0.702. The summed E-state index contributed by atoms with van der Waals surface area (Å²) >= 11 is 7.86. The Bertz CT molecular complexity index is 439. The molecule has 0 unspecified atom stereocenters. The molecule has 0 nitrogen and oxygen atoms in total. The Balaban J connectivity index is 3.48. The molecular weight excluding hydrogens is 392 g/mol. The zero-order valence-corrected chi connectivity index (χ0v) is 17.5. The number of halogens is 2. The van der Waals surface area contributed by atoms with E-state index in [0.29, 0.717) is 16.6 Å². The van der Waals surface area contributed by atoms with Gasteiger partial charge in [0, 0.05) is 4.48 Å². The summed E-state index contributed by atoms with van der Waals surface area (Å²) in [5, 5.41) is 0. The topological polar surface area (TPSA) is 0 Å². The third kappa shape index (κ3) is 3.31. The van der Waals surface area contributed by atoms with Crippen LogP contribution in [-0.4, -0.2) is 8.07 Å². The molecule has 20 heavy (non-hydrogen) atoms. The maximum atomic E-state index is 4.00. The van der Waals surface area contributed by atoms with Gasteiger partial charge in [-0.3, -0.25) is 0 Å². The molecule has 0 heterocycles. The molecule has 0 saturated carbocycles. The van der Waals surface area contributed by atoms with Gasteiger partial charge in [-0.1, -0.05) is 87.8 Å². The summed E-state index contributed by atoms with van der Waals surface area (Å²) in [7, 11) is -1.63. The van der Waals surface area contributed by atoms with Crippen molar-refractivity contribution in [2.75, 3.05) is 0 Å². The van der Waals surface area contributed by atoms with Crippen LogP contribution in [-0.2, 0) is 0 Å². The minimum atomic E-state index is -1.63. The maximum Gasteiger partial charge on any atom is 0.105 e. The van der Waals surface area contributed by atoms with Gasteiger partial charge in [0.2, 0.25) is 0 Å². The molecule has 0 aromatic heterocycles. The van der Waals surface area contributed by atoms with Crippen LogP contribution in [0, 0.1) is 0 Å². The van der Waals surface area contributed by atoms with Crippen LogP contribution >= 0.6 is 31.9 Å². The molecule has 1 aromatic carbocycles. The van der Waals surface area contributed by atoms with Crippen LogP contribution in [0.15, 0.2) is 34.4 Å². The first-order valence-electron chi connectivity index (χ1n) is 7.37. The highest BCUT2D eigenvalue weighted by Gasteiger charge is 2.46. The van der Waals surface area contributed by atoms with Crippen molar-refractivity contribution in [2.45, 2.75) is 58.2 Å². The van der Waals surface area contributed by atoms with E-state index in [1.165, 1.54) is 14.2 Å². The van der Waals surface area contributed by atoms with Crippen molar-refractivity contribution >= 4 is 44.4 Å². The summed E-state index contributed by atoms with van der Waals surface area (Å²) in [5.74, 6) is 0. The fourth-order valence-corrected chi connectivity index (χ4v) is 15.4. The molecular formula is C17H26Br2Si. The molecule has 0 bridgehead atoms. The number of rotatable bonds is 5. The molecule has 112 valence electrons. The van der Waals surface area contributed by atoms with Crippen molar-refractivity contribution in [1.82, 2.24) is 0 Å². The maximum absolute atomic E-state index is 4.00. The highest BCUT2D eigenvalue weighted by Crippen LogP contribution is 2.51. The Labute approximate surface area is 142 Å². The standard InChI is InChI=1S/C17H26Br2Si/c1-12(2)20(13(3)4,14(5)6)17(19)16(18)15-10-8-7-9-11-15/h7-14H,1-6H3/b17-16+. The molecule has 0 N–H and O–H groups in total. The number of hydrogen-bond acceptors (Lipinski definition) is 0. The van der Waals surface area contributed by atoms with Crippen LogP contribution in [0.4, 0.5) is 0 Å². The molecule has 3 heteroatoms. The van der Waals surface area contributed by atoms with Gasteiger partial charge in [0.1, 0.15) is 8.07 Å². The van der Waals surface area contributed by atoms with Crippen molar-refractivity contribution in [3.05, 3.63) is 40.0 Å². The average Bonchev–Trinajstić information content (AvgIpc) is 2.38. The fourth-order valence-electron chi connectivity index (χ4n) is 3.66.